The molecule has 1 aromatic heterocycles. The van der Waals surface area contributed by atoms with Gasteiger partial charge >= 0.3 is 5.97 Å². The molecule has 0 saturated carbocycles. The summed E-state index contributed by atoms with van der Waals surface area (Å²) in [6.45, 7) is 1.96. The van der Waals surface area contributed by atoms with Crippen LogP contribution in [0, 0.1) is 0 Å². The first-order valence-corrected chi connectivity index (χ1v) is 8.70. The molecule has 1 atom stereocenters. The number of carboxylic acid groups (broad SMARTS) is 1. The number of carbonyl (C=O) groups excluding carboxylic acids is 2. The molecule has 6 nitrogen and oxygen atoms in total. The first-order chi connectivity index (χ1) is 12.0. The summed E-state index contributed by atoms with van der Waals surface area (Å²) in [6.07, 6.45) is 2.20. The van der Waals surface area contributed by atoms with Crippen LogP contribution in [0.2, 0.25) is 0 Å². The summed E-state index contributed by atoms with van der Waals surface area (Å²) < 4.78 is 0. The smallest absolute Gasteiger partial charge is 0.338 e. The fourth-order valence-corrected chi connectivity index (χ4v) is 3.87. The summed E-state index contributed by atoms with van der Waals surface area (Å²) in [4.78, 5) is 41.8. The monoisotopic (exact) mass is 356 g/mol. The number of benzene rings is 1. The number of rotatable bonds is 5. The molecule has 0 bridgehead atoms. The van der Waals surface area contributed by atoms with E-state index in [1.807, 2.05) is 19.1 Å². The SMILES string of the molecule is CCc1ccccc1N1C(=O)C[C@@H](Sc2ncccc2C(=O)O)C1=O. The second kappa shape index (κ2) is 7.06. The number of aromatic nitrogens is 1. The third-order valence-electron chi connectivity index (χ3n) is 3.97. The third-order valence-corrected chi connectivity index (χ3v) is 5.18. The predicted molar refractivity (Wildman–Crippen MR) is 93.8 cm³/mol. The van der Waals surface area contributed by atoms with Crippen LogP contribution < -0.4 is 4.90 Å². The minimum Gasteiger partial charge on any atom is -0.478 e. The molecule has 0 radical (unpaired) electrons. The highest BCUT2D eigenvalue weighted by Crippen LogP contribution is 2.35. The van der Waals surface area contributed by atoms with Crippen LogP contribution in [-0.2, 0) is 16.0 Å². The lowest BCUT2D eigenvalue weighted by Crippen LogP contribution is -2.32. The Morgan fingerprint density at radius 1 is 1.28 bits per heavy atom. The number of imide groups is 1. The number of aryl methyl sites for hydroxylation is 1. The molecular weight excluding hydrogens is 340 g/mol. The fraction of sp³-hybridized carbons (Fsp3) is 0.222. The van der Waals surface area contributed by atoms with E-state index in [1.54, 1.807) is 12.1 Å². The van der Waals surface area contributed by atoms with Crippen LogP contribution in [0.15, 0.2) is 47.6 Å². The second-order valence-corrected chi connectivity index (χ2v) is 6.71. The van der Waals surface area contributed by atoms with Gasteiger partial charge in [-0.2, -0.15) is 0 Å². The van der Waals surface area contributed by atoms with Crippen molar-refractivity contribution in [1.82, 2.24) is 4.98 Å². The molecule has 0 unspecified atom stereocenters. The van der Waals surface area contributed by atoms with Gasteiger partial charge in [0.1, 0.15) is 5.03 Å². The average molecular weight is 356 g/mol. The summed E-state index contributed by atoms with van der Waals surface area (Å²) in [5.74, 6) is -1.73. The quantitative estimate of drug-likeness (QED) is 0.829. The molecule has 1 aliphatic heterocycles. The van der Waals surface area contributed by atoms with Gasteiger partial charge in [-0.15, -0.1) is 0 Å². The summed E-state index contributed by atoms with van der Waals surface area (Å²) in [6, 6.07) is 10.3. The number of carboxylic acids is 1. The number of hydrogen-bond donors (Lipinski definition) is 1. The summed E-state index contributed by atoms with van der Waals surface area (Å²) >= 11 is 1.03. The van der Waals surface area contributed by atoms with E-state index in [1.165, 1.54) is 23.2 Å². The lowest BCUT2D eigenvalue weighted by molar-refractivity contribution is -0.121. The van der Waals surface area contributed by atoms with Crippen molar-refractivity contribution >= 4 is 35.2 Å². The number of nitrogens with zero attached hydrogens (tertiary/aromatic N) is 2. The largest absolute Gasteiger partial charge is 0.478 e. The van der Waals surface area contributed by atoms with Gasteiger partial charge in [0, 0.05) is 12.6 Å². The topological polar surface area (TPSA) is 87.6 Å². The molecule has 2 heterocycles. The zero-order chi connectivity index (χ0) is 18.0. The molecule has 7 heteroatoms. The van der Waals surface area contributed by atoms with Crippen LogP contribution in [0.25, 0.3) is 0 Å². The second-order valence-electron chi connectivity index (χ2n) is 5.52. The van der Waals surface area contributed by atoms with Crippen LogP contribution >= 0.6 is 11.8 Å². The minimum absolute atomic E-state index is 0.0250. The molecule has 3 rings (SSSR count). The Kier molecular flexibility index (Phi) is 4.85. The Labute approximate surface area is 148 Å². The van der Waals surface area contributed by atoms with E-state index in [2.05, 4.69) is 4.98 Å². The van der Waals surface area contributed by atoms with E-state index in [0.29, 0.717) is 12.1 Å². The van der Waals surface area contributed by atoms with Crippen LogP contribution in [0.4, 0.5) is 5.69 Å². The average Bonchev–Trinajstić information content (AvgIpc) is 2.88. The molecular formula is C18H16N2O4S. The van der Waals surface area contributed by atoms with Gasteiger partial charge in [-0.25, -0.2) is 14.7 Å². The van der Waals surface area contributed by atoms with E-state index in [-0.39, 0.29) is 28.8 Å². The van der Waals surface area contributed by atoms with Crippen molar-refractivity contribution in [1.29, 1.82) is 0 Å². The van der Waals surface area contributed by atoms with Crippen molar-refractivity contribution in [2.24, 2.45) is 0 Å². The number of thioether (sulfide) groups is 1. The third kappa shape index (κ3) is 3.28. The maximum atomic E-state index is 12.8. The van der Waals surface area contributed by atoms with Crippen molar-refractivity contribution in [3.63, 3.8) is 0 Å². The van der Waals surface area contributed by atoms with Gasteiger partial charge < -0.3 is 5.11 Å². The Morgan fingerprint density at radius 3 is 2.76 bits per heavy atom. The van der Waals surface area contributed by atoms with E-state index in [0.717, 1.165) is 17.3 Å². The zero-order valence-corrected chi connectivity index (χ0v) is 14.3. The van der Waals surface area contributed by atoms with Gasteiger partial charge in [0.2, 0.25) is 11.8 Å². The van der Waals surface area contributed by atoms with Crippen LogP contribution in [0.3, 0.4) is 0 Å². The molecule has 2 aromatic rings. The Balaban J connectivity index is 1.89. The number of para-hydroxylation sites is 1. The molecule has 0 spiro atoms. The number of amides is 2. The Bertz CT molecular complexity index is 852. The Morgan fingerprint density at radius 2 is 2.04 bits per heavy atom. The van der Waals surface area contributed by atoms with Crippen molar-refractivity contribution in [3.05, 3.63) is 53.7 Å². The molecule has 1 saturated heterocycles. The molecule has 1 fully saturated rings. The van der Waals surface area contributed by atoms with Crippen LogP contribution in [-0.4, -0.2) is 33.1 Å². The molecule has 0 aliphatic carbocycles. The van der Waals surface area contributed by atoms with Gasteiger partial charge in [0.15, 0.2) is 0 Å². The van der Waals surface area contributed by atoms with E-state index < -0.39 is 11.2 Å². The van der Waals surface area contributed by atoms with Gasteiger partial charge in [-0.3, -0.25) is 9.59 Å². The molecule has 128 valence electrons. The van der Waals surface area contributed by atoms with Gasteiger partial charge in [0.25, 0.3) is 0 Å². The summed E-state index contributed by atoms with van der Waals surface area (Å²) in [5, 5.41) is 8.81. The summed E-state index contributed by atoms with van der Waals surface area (Å²) in [7, 11) is 0. The van der Waals surface area contributed by atoms with E-state index >= 15 is 0 Å². The maximum absolute atomic E-state index is 12.8. The minimum atomic E-state index is -1.11. The van der Waals surface area contributed by atoms with Gasteiger partial charge in [-0.05, 0) is 30.2 Å². The molecule has 2 amide bonds. The predicted octanol–water partition coefficient (Wildman–Crippen LogP) is 2.77. The molecule has 1 aliphatic rings. The highest BCUT2D eigenvalue weighted by molar-refractivity contribution is 8.00. The first-order valence-electron chi connectivity index (χ1n) is 7.82. The highest BCUT2D eigenvalue weighted by atomic mass is 32.2. The van der Waals surface area contributed by atoms with Crippen LogP contribution in [0.1, 0.15) is 29.3 Å². The lowest BCUT2D eigenvalue weighted by atomic mass is 10.1. The molecule has 1 N–H and O–H groups in total. The maximum Gasteiger partial charge on any atom is 0.338 e. The Hall–Kier alpha value is -2.67. The van der Waals surface area contributed by atoms with Crippen molar-refractivity contribution in [3.8, 4) is 0 Å². The number of pyridine rings is 1. The van der Waals surface area contributed by atoms with Crippen molar-refractivity contribution < 1.29 is 19.5 Å². The van der Waals surface area contributed by atoms with Gasteiger partial charge in [0.05, 0.1) is 16.5 Å². The first kappa shape index (κ1) is 17.2. The van der Waals surface area contributed by atoms with E-state index in [4.69, 9.17) is 0 Å². The summed E-state index contributed by atoms with van der Waals surface area (Å²) in [5.41, 5.74) is 1.54. The van der Waals surface area contributed by atoms with Gasteiger partial charge in [-0.1, -0.05) is 36.9 Å². The lowest BCUT2D eigenvalue weighted by Gasteiger charge is -2.18. The number of anilines is 1. The molecule has 1 aromatic carbocycles. The highest BCUT2D eigenvalue weighted by Gasteiger charge is 2.41. The molecule has 25 heavy (non-hydrogen) atoms. The zero-order valence-electron chi connectivity index (χ0n) is 13.5. The van der Waals surface area contributed by atoms with E-state index in [9.17, 15) is 19.5 Å². The number of carbonyl (C=O) groups is 3. The van der Waals surface area contributed by atoms with Crippen molar-refractivity contribution in [2.75, 3.05) is 4.90 Å². The number of aromatic carboxylic acids is 1. The van der Waals surface area contributed by atoms with Crippen molar-refractivity contribution in [2.45, 2.75) is 30.0 Å². The fourth-order valence-electron chi connectivity index (χ4n) is 2.76. The standard InChI is InChI=1S/C18H16N2O4S/c1-2-11-6-3-4-8-13(11)20-15(21)10-14(17(20)22)25-16-12(18(23)24)7-5-9-19-16/h3-9,14H,2,10H2,1H3,(H,23,24)/t14-/m1/s1. The normalized spacial score (nSPS) is 17.2. The van der Waals surface area contributed by atoms with Crippen LogP contribution in [0.5, 0.6) is 0 Å². The number of hydrogen-bond acceptors (Lipinski definition) is 5.